The minimum atomic E-state index is -2.88. The molecule has 27 heavy (non-hydrogen) atoms. The Morgan fingerprint density at radius 1 is 1.11 bits per heavy atom. The first-order valence-corrected chi connectivity index (χ1v) is 8.50. The van der Waals surface area contributed by atoms with E-state index in [0.717, 1.165) is 0 Å². The van der Waals surface area contributed by atoms with Crippen molar-refractivity contribution in [1.82, 2.24) is 10.2 Å². The molecule has 2 amide bonds. The molecule has 0 atom stereocenters. The number of carbonyl (C=O) groups is 2. The minimum absolute atomic E-state index is 0.0571. The van der Waals surface area contributed by atoms with E-state index in [4.69, 9.17) is 0 Å². The van der Waals surface area contributed by atoms with Gasteiger partial charge in [-0.05, 0) is 36.4 Å². The fourth-order valence-corrected chi connectivity index (χ4v) is 2.79. The zero-order valence-corrected chi connectivity index (χ0v) is 14.5. The highest BCUT2D eigenvalue weighted by atomic mass is 19.3. The van der Waals surface area contributed by atoms with E-state index in [0.29, 0.717) is 36.6 Å². The molecule has 1 aliphatic rings. The van der Waals surface area contributed by atoms with Crippen LogP contribution < -0.4 is 15.4 Å². The smallest absolute Gasteiger partial charge is 0.387 e. The third-order valence-electron chi connectivity index (χ3n) is 4.12. The number of amides is 2. The molecule has 0 unspecified atom stereocenters. The summed E-state index contributed by atoms with van der Waals surface area (Å²) in [6.07, 6.45) is 0.271. The number of rotatable bonds is 5. The summed E-state index contributed by atoms with van der Waals surface area (Å²) < 4.78 is 28.8. The summed E-state index contributed by atoms with van der Waals surface area (Å²) in [5.74, 6) is -0.184. The Morgan fingerprint density at radius 2 is 1.85 bits per heavy atom. The molecule has 2 aromatic carbocycles. The van der Waals surface area contributed by atoms with Crippen molar-refractivity contribution in [3.8, 4) is 5.75 Å². The maximum Gasteiger partial charge on any atom is 0.387 e. The van der Waals surface area contributed by atoms with E-state index in [2.05, 4.69) is 15.4 Å². The van der Waals surface area contributed by atoms with Gasteiger partial charge in [0.05, 0.1) is 11.3 Å². The number of ether oxygens (including phenoxy) is 1. The standard InChI is InChI=1S/C19H19F2N3O3/c20-19(21)27-14-7-5-13(6-8-14)23-16-4-2-1-3-15(16)18(26)24-11-9-17(25)22-10-12-24/h1-8,19,23H,9-12H2,(H,22,25). The number of nitrogens with one attached hydrogen (secondary N) is 2. The molecule has 2 aromatic rings. The van der Waals surface area contributed by atoms with E-state index in [1.165, 1.54) is 12.1 Å². The second-order valence-corrected chi connectivity index (χ2v) is 5.97. The van der Waals surface area contributed by atoms with Gasteiger partial charge in [0.15, 0.2) is 0 Å². The fourth-order valence-electron chi connectivity index (χ4n) is 2.79. The molecule has 8 heteroatoms. The molecule has 1 aliphatic heterocycles. The van der Waals surface area contributed by atoms with Crippen LogP contribution >= 0.6 is 0 Å². The van der Waals surface area contributed by atoms with Crippen LogP contribution in [0.3, 0.4) is 0 Å². The first kappa shape index (κ1) is 18.6. The van der Waals surface area contributed by atoms with Gasteiger partial charge in [0.1, 0.15) is 5.75 Å². The zero-order chi connectivity index (χ0) is 19.2. The van der Waals surface area contributed by atoms with Crippen LogP contribution in [0.15, 0.2) is 48.5 Å². The molecule has 3 rings (SSSR count). The summed E-state index contributed by atoms with van der Waals surface area (Å²) in [6.45, 7) is -1.65. The van der Waals surface area contributed by atoms with Gasteiger partial charge < -0.3 is 20.3 Å². The maximum atomic E-state index is 12.9. The Hall–Kier alpha value is -3.16. The van der Waals surface area contributed by atoms with Gasteiger partial charge in [0, 0.05) is 31.7 Å². The quantitative estimate of drug-likeness (QED) is 0.843. The molecule has 0 bridgehead atoms. The molecule has 142 valence electrons. The van der Waals surface area contributed by atoms with Gasteiger partial charge in [-0.25, -0.2) is 0 Å². The van der Waals surface area contributed by atoms with Crippen LogP contribution in [-0.4, -0.2) is 43.0 Å². The number of nitrogens with zero attached hydrogens (tertiary/aromatic N) is 1. The van der Waals surface area contributed by atoms with Crippen LogP contribution in [0.2, 0.25) is 0 Å². The number of anilines is 2. The Kier molecular flexibility index (Phi) is 5.85. The minimum Gasteiger partial charge on any atom is -0.435 e. The lowest BCUT2D eigenvalue weighted by atomic mass is 10.1. The van der Waals surface area contributed by atoms with Gasteiger partial charge >= 0.3 is 6.61 Å². The number of benzene rings is 2. The highest BCUT2D eigenvalue weighted by Crippen LogP contribution is 2.24. The Balaban J connectivity index is 1.75. The van der Waals surface area contributed by atoms with Crippen LogP contribution in [0, 0.1) is 0 Å². The Morgan fingerprint density at radius 3 is 2.59 bits per heavy atom. The molecule has 6 nitrogen and oxygen atoms in total. The third kappa shape index (κ3) is 4.93. The predicted molar refractivity (Wildman–Crippen MR) is 96.3 cm³/mol. The lowest BCUT2D eigenvalue weighted by molar-refractivity contribution is -0.120. The van der Waals surface area contributed by atoms with Crippen LogP contribution in [0.25, 0.3) is 0 Å². The molecule has 1 heterocycles. The molecule has 0 aliphatic carbocycles. The van der Waals surface area contributed by atoms with Gasteiger partial charge in [-0.2, -0.15) is 8.78 Å². The van der Waals surface area contributed by atoms with Crippen molar-refractivity contribution in [2.45, 2.75) is 13.0 Å². The lowest BCUT2D eigenvalue weighted by Crippen LogP contribution is -2.34. The molecule has 0 aromatic heterocycles. The summed E-state index contributed by atoms with van der Waals surface area (Å²) in [6, 6.07) is 13.0. The largest absolute Gasteiger partial charge is 0.435 e. The summed E-state index contributed by atoms with van der Waals surface area (Å²) in [4.78, 5) is 26.0. The molecule has 0 saturated carbocycles. The van der Waals surface area contributed by atoms with Gasteiger partial charge in [-0.15, -0.1) is 0 Å². The molecule has 1 fully saturated rings. The van der Waals surface area contributed by atoms with Crippen molar-refractivity contribution in [3.05, 3.63) is 54.1 Å². The van der Waals surface area contributed by atoms with Crippen LogP contribution in [0.5, 0.6) is 5.75 Å². The van der Waals surface area contributed by atoms with Crippen LogP contribution in [0.1, 0.15) is 16.8 Å². The highest BCUT2D eigenvalue weighted by Gasteiger charge is 2.21. The SMILES string of the molecule is O=C1CCN(C(=O)c2ccccc2Nc2ccc(OC(F)F)cc2)CCN1. The monoisotopic (exact) mass is 375 g/mol. The average Bonchev–Trinajstić information content (AvgIpc) is 2.87. The number of alkyl halides is 2. The summed E-state index contributed by atoms with van der Waals surface area (Å²) in [5, 5.41) is 5.86. The third-order valence-corrected chi connectivity index (χ3v) is 4.12. The Labute approximate surface area is 155 Å². The average molecular weight is 375 g/mol. The van der Waals surface area contributed by atoms with Crippen LogP contribution in [0.4, 0.5) is 20.2 Å². The summed E-state index contributed by atoms with van der Waals surface area (Å²) >= 11 is 0. The van der Waals surface area contributed by atoms with Gasteiger partial charge in [0.2, 0.25) is 5.91 Å². The molecule has 2 N–H and O–H groups in total. The van der Waals surface area contributed by atoms with E-state index in [1.54, 1.807) is 41.3 Å². The Bertz CT molecular complexity index is 812. The number of para-hydroxylation sites is 1. The first-order chi connectivity index (χ1) is 13.0. The first-order valence-electron chi connectivity index (χ1n) is 8.50. The lowest BCUT2D eigenvalue weighted by Gasteiger charge is -2.21. The number of halogens is 2. The zero-order valence-electron chi connectivity index (χ0n) is 14.5. The normalized spacial score (nSPS) is 14.5. The molecule has 0 radical (unpaired) electrons. The van der Waals surface area contributed by atoms with E-state index in [-0.39, 0.29) is 24.0 Å². The second-order valence-electron chi connectivity index (χ2n) is 5.97. The summed E-state index contributed by atoms with van der Waals surface area (Å²) in [5.41, 5.74) is 1.69. The van der Waals surface area contributed by atoms with Crippen molar-refractivity contribution in [1.29, 1.82) is 0 Å². The number of carbonyl (C=O) groups excluding carboxylic acids is 2. The van der Waals surface area contributed by atoms with E-state index >= 15 is 0 Å². The van der Waals surface area contributed by atoms with Crippen molar-refractivity contribution in [2.24, 2.45) is 0 Å². The van der Waals surface area contributed by atoms with Gasteiger partial charge in [0.25, 0.3) is 5.91 Å². The topological polar surface area (TPSA) is 70.7 Å². The molecular weight excluding hydrogens is 356 g/mol. The fraction of sp³-hybridized carbons (Fsp3) is 0.263. The molecular formula is C19H19F2N3O3. The van der Waals surface area contributed by atoms with Crippen molar-refractivity contribution in [3.63, 3.8) is 0 Å². The summed E-state index contributed by atoms with van der Waals surface area (Å²) in [7, 11) is 0. The van der Waals surface area contributed by atoms with Gasteiger partial charge in [-0.3, -0.25) is 9.59 Å². The second kappa shape index (κ2) is 8.48. The van der Waals surface area contributed by atoms with E-state index in [1.807, 2.05) is 0 Å². The van der Waals surface area contributed by atoms with E-state index in [9.17, 15) is 18.4 Å². The van der Waals surface area contributed by atoms with Crippen molar-refractivity contribution in [2.75, 3.05) is 25.0 Å². The van der Waals surface area contributed by atoms with Crippen molar-refractivity contribution < 1.29 is 23.1 Å². The maximum absolute atomic E-state index is 12.9. The number of hydrogen-bond acceptors (Lipinski definition) is 4. The highest BCUT2D eigenvalue weighted by molar-refractivity contribution is 6.00. The molecule has 0 spiro atoms. The van der Waals surface area contributed by atoms with Crippen molar-refractivity contribution >= 4 is 23.2 Å². The predicted octanol–water partition coefficient (Wildman–Crippen LogP) is 2.99. The van der Waals surface area contributed by atoms with E-state index < -0.39 is 6.61 Å². The number of hydrogen-bond donors (Lipinski definition) is 2. The van der Waals surface area contributed by atoms with Gasteiger partial charge in [-0.1, -0.05) is 12.1 Å². The van der Waals surface area contributed by atoms with Crippen LogP contribution in [-0.2, 0) is 4.79 Å². The molecule has 1 saturated heterocycles.